The van der Waals surface area contributed by atoms with Gasteiger partial charge in [-0.2, -0.15) is 4.98 Å². The van der Waals surface area contributed by atoms with E-state index >= 15 is 0 Å². The lowest BCUT2D eigenvalue weighted by Gasteiger charge is -2.36. The number of rotatable bonds is 5. The van der Waals surface area contributed by atoms with E-state index < -0.39 is 0 Å². The summed E-state index contributed by atoms with van der Waals surface area (Å²) >= 11 is 6.22. The van der Waals surface area contributed by atoms with Crippen molar-refractivity contribution in [3.05, 3.63) is 46.6 Å². The molecule has 128 valence electrons. The Kier molecular flexibility index (Phi) is 5.56. The number of hydrogen-bond donors (Lipinski definition) is 1. The van der Waals surface area contributed by atoms with E-state index in [-0.39, 0.29) is 0 Å². The van der Waals surface area contributed by atoms with E-state index in [1.165, 1.54) is 19.3 Å². The molecule has 0 spiro atoms. The highest BCUT2D eigenvalue weighted by Crippen LogP contribution is 2.26. The van der Waals surface area contributed by atoms with Crippen LogP contribution in [-0.2, 0) is 6.54 Å². The minimum Gasteiger partial charge on any atom is -0.353 e. The highest BCUT2D eigenvalue weighted by Gasteiger charge is 2.22. The Morgan fingerprint density at radius 1 is 1.25 bits per heavy atom. The van der Waals surface area contributed by atoms with E-state index in [1.54, 1.807) is 0 Å². The molecule has 1 aromatic carbocycles. The van der Waals surface area contributed by atoms with Crippen LogP contribution in [0.15, 0.2) is 30.3 Å². The van der Waals surface area contributed by atoms with Gasteiger partial charge in [-0.3, -0.25) is 0 Å². The summed E-state index contributed by atoms with van der Waals surface area (Å²) in [5.41, 5.74) is 2.04. The molecule has 3 rings (SSSR count). The van der Waals surface area contributed by atoms with Crippen LogP contribution in [-0.4, -0.2) is 22.6 Å². The maximum Gasteiger partial charge on any atom is 0.225 e. The first kappa shape index (κ1) is 17.0. The topological polar surface area (TPSA) is 41.1 Å². The van der Waals surface area contributed by atoms with Gasteiger partial charge in [-0.15, -0.1) is 0 Å². The number of hydrogen-bond acceptors (Lipinski definition) is 4. The van der Waals surface area contributed by atoms with Crippen LogP contribution in [0, 0.1) is 6.92 Å². The number of aromatic nitrogens is 2. The molecule has 0 radical (unpaired) electrons. The van der Waals surface area contributed by atoms with Gasteiger partial charge < -0.3 is 10.2 Å². The van der Waals surface area contributed by atoms with E-state index in [2.05, 4.69) is 28.2 Å². The summed E-state index contributed by atoms with van der Waals surface area (Å²) in [6.07, 6.45) is 4.96. The standard InChI is InChI=1S/C19H25ClN4/c1-3-16-9-6-7-11-24(16)18-12-14(2)22-19(23-18)21-13-15-8-4-5-10-17(15)20/h4-5,8,10,12,16H,3,6-7,9,11,13H2,1-2H3,(H,21,22,23). The summed E-state index contributed by atoms with van der Waals surface area (Å²) in [5, 5.41) is 4.09. The van der Waals surface area contributed by atoms with Crippen molar-refractivity contribution in [2.75, 3.05) is 16.8 Å². The van der Waals surface area contributed by atoms with Crippen LogP contribution in [0.1, 0.15) is 43.9 Å². The largest absolute Gasteiger partial charge is 0.353 e. The third-order valence-electron chi connectivity index (χ3n) is 4.63. The van der Waals surface area contributed by atoms with Crippen molar-refractivity contribution in [1.82, 2.24) is 9.97 Å². The Balaban J connectivity index is 1.77. The second kappa shape index (κ2) is 7.84. The normalized spacial score (nSPS) is 17.8. The molecule has 24 heavy (non-hydrogen) atoms. The van der Waals surface area contributed by atoms with E-state index in [4.69, 9.17) is 16.6 Å². The maximum absolute atomic E-state index is 6.22. The van der Waals surface area contributed by atoms with Gasteiger partial charge in [-0.05, 0) is 44.2 Å². The van der Waals surface area contributed by atoms with Gasteiger partial charge in [0.15, 0.2) is 0 Å². The average molecular weight is 345 g/mol. The number of piperidine rings is 1. The zero-order valence-electron chi connectivity index (χ0n) is 14.4. The molecule has 1 saturated heterocycles. The second-order valence-corrected chi connectivity index (χ2v) is 6.79. The van der Waals surface area contributed by atoms with Crippen LogP contribution in [0.3, 0.4) is 0 Å². The molecule has 1 atom stereocenters. The lowest BCUT2D eigenvalue weighted by Crippen LogP contribution is -2.39. The van der Waals surface area contributed by atoms with Crippen molar-refractivity contribution in [3.8, 4) is 0 Å². The predicted octanol–water partition coefficient (Wildman–Crippen LogP) is 4.82. The number of anilines is 2. The van der Waals surface area contributed by atoms with Gasteiger partial charge >= 0.3 is 0 Å². The van der Waals surface area contributed by atoms with Crippen LogP contribution in [0.5, 0.6) is 0 Å². The number of nitrogens with zero attached hydrogens (tertiary/aromatic N) is 3. The van der Waals surface area contributed by atoms with Crippen molar-refractivity contribution in [2.45, 2.75) is 52.1 Å². The molecule has 2 heterocycles. The van der Waals surface area contributed by atoms with Crippen LogP contribution < -0.4 is 10.2 Å². The van der Waals surface area contributed by atoms with Crippen LogP contribution >= 0.6 is 11.6 Å². The zero-order valence-corrected chi connectivity index (χ0v) is 15.2. The van der Waals surface area contributed by atoms with E-state index in [1.807, 2.05) is 31.2 Å². The molecule has 0 amide bonds. The number of aryl methyl sites for hydroxylation is 1. The van der Waals surface area contributed by atoms with Gasteiger partial charge in [0.25, 0.3) is 0 Å². The smallest absolute Gasteiger partial charge is 0.225 e. The molecule has 5 heteroatoms. The van der Waals surface area contributed by atoms with E-state index in [0.717, 1.165) is 35.1 Å². The summed E-state index contributed by atoms with van der Waals surface area (Å²) in [5.74, 6) is 1.71. The Bertz CT molecular complexity index is 689. The summed E-state index contributed by atoms with van der Waals surface area (Å²) in [6.45, 7) is 5.99. The van der Waals surface area contributed by atoms with Gasteiger partial charge in [-0.25, -0.2) is 4.98 Å². The number of benzene rings is 1. The lowest BCUT2D eigenvalue weighted by molar-refractivity contribution is 0.446. The van der Waals surface area contributed by atoms with Crippen molar-refractivity contribution in [1.29, 1.82) is 0 Å². The van der Waals surface area contributed by atoms with Crippen molar-refractivity contribution < 1.29 is 0 Å². The second-order valence-electron chi connectivity index (χ2n) is 6.39. The van der Waals surface area contributed by atoms with Gasteiger partial charge in [-0.1, -0.05) is 36.7 Å². The fraction of sp³-hybridized carbons (Fsp3) is 0.474. The van der Waals surface area contributed by atoms with Crippen molar-refractivity contribution in [3.63, 3.8) is 0 Å². The molecule has 1 aliphatic rings. The van der Waals surface area contributed by atoms with Crippen LogP contribution in [0.25, 0.3) is 0 Å². The van der Waals surface area contributed by atoms with E-state index in [0.29, 0.717) is 18.5 Å². The molecule has 1 aromatic heterocycles. The highest BCUT2D eigenvalue weighted by molar-refractivity contribution is 6.31. The molecule has 2 aromatic rings. The quantitative estimate of drug-likeness (QED) is 0.844. The third-order valence-corrected chi connectivity index (χ3v) is 5.00. The number of nitrogens with one attached hydrogen (secondary N) is 1. The van der Waals surface area contributed by atoms with Crippen molar-refractivity contribution >= 4 is 23.4 Å². The average Bonchev–Trinajstić information content (AvgIpc) is 2.60. The van der Waals surface area contributed by atoms with Crippen LogP contribution in [0.4, 0.5) is 11.8 Å². The summed E-state index contributed by atoms with van der Waals surface area (Å²) in [4.78, 5) is 11.7. The maximum atomic E-state index is 6.22. The van der Waals surface area contributed by atoms with Crippen LogP contribution in [0.2, 0.25) is 5.02 Å². The molecular weight excluding hydrogens is 320 g/mol. The molecule has 0 saturated carbocycles. The molecule has 1 aliphatic heterocycles. The molecule has 1 N–H and O–H groups in total. The Morgan fingerprint density at radius 2 is 2.08 bits per heavy atom. The minimum absolute atomic E-state index is 0.587. The third kappa shape index (κ3) is 3.99. The Labute approximate surface area is 149 Å². The van der Waals surface area contributed by atoms with E-state index in [9.17, 15) is 0 Å². The van der Waals surface area contributed by atoms with Gasteiger partial charge in [0.1, 0.15) is 5.82 Å². The Morgan fingerprint density at radius 3 is 2.88 bits per heavy atom. The monoisotopic (exact) mass is 344 g/mol. The molecule has 1 unspecified atom stereocenters. The molecular formula is C19H25ClN4. The lowest BCUT2D eigenvalue weighted by atomic mass is 10.00. The van der Waals surface area contributed by atoms with Crippen molar-refractivity contribution in [2.24, 2.45) is 0 Å². The van der Waals surface area contributed by atoms with Gasteiger partial charge in [0, 0.05) is 35.9 Å². The fourth-order valence-electron chi connectivity index (χ4n) is 3.32. The highest BCUT2D eigenvalue weighted by atomic mass is 35.5. The summed E-state index contributed by atoms with van der Waals surface area (Å²) in [7, 11) is 0. The number of halogens is 1. The fourth-order valence-corrected chi connectivity index (χ4v) is 3.52. The molecule has 4 nitrogen and oxygen atoms in total. The van der Waals surface area contributed by atoms with Gasteiger partial charge in [0.2, 0.25) is 5.95 Å². The Hall–Kier alpha value is -1.81. The first-order chi connectivity index (χ1) is 11.7. The minimum atomic E-state index is 0.587. The SMILES string of the molecule is CCC1CCCCN1c1cc(C)nc(NCc2ccccc2Cl)n1. The molecule has 0 aliphatic carbocycles. The zero-order chi connectivity index (χ0) is 16.9. The van der Waals surface area contributed by atoms with Gasteiger partial charge in [0.05, 0.1) is 0 Å². The molecule has 1 fully saturated rings. The predicted molar refractivity (Wildman–Crippen MR) is 101 cm³/mol. The summed E-state index contributed by atoms with van der Waals surface area (Å²) < 4.78 is 0. The first-order valence-electron chi connectivity index (χ1n) is 8.77. The molecule has 0 bridgehead atoms. The first-order valence-corrected chi connectivity index (χ1v) is 9.14. The summed E-state index contributed by atoms with van der Waals surface area (Å²) in [6, 6.07) is 10.5.